The molecule has 8 heteroatoms. The molecule has 172 valence electrons. The number of nitrogens with one attached hydrogen (secondary N) is 1. The molecule has 0 unspecified atom stereocenters. The summed E-state index contributed by atoms with van der Waals surface area (Å²) < 4.78 is 0. The number of nitrogens with two attached hydrogens (primary N) is 1. The van der Waals surface area contributed by atoms with Crippen LogP contribution in [0.2, 0.25) is 0 Å². The van der Waals surface area contributed by atoms with Gasteiger partial charge >= 0.3 is 0 Å². The van der Waals surface area contributed by atoms with Gasteiger partial charge in [0, 0.05) is 36.1 Å². The minimum Gasteiger partial charge on any atom is -0.508 e. The van der Waals surface area contributed by atoms with E-state index in [0.717, 1.165) is 24.8 Å². The number of phenols is 1. The largest absolute Gasteiger partial charge is 0.508 e. The summed E-state index contributed by atoms with van der Waals surface area (Å²) in [5.74, 6) is 0.120. The van der Waals surface area contributed by atoms with Crippen molar-refractivity contribution in [3.63, 3.8) is 0 Å². The normalized spacial score (nSPS) is 17.4. The third-order valence-corrected chi connectivity index (χ3v) is 7.58. The molecular weight excluding hydrogens is 434 g/mol. The van der Waals surface area contributed by atoms with Crippen molar-refractivity contribution >= 4 is 39.4 Å². The number of rotatable bonds is 6. The van der Waals surface area contributed by atoms with Crippen LogP contribution < -0.4 is 16.0 Å². The van der Waals surface area contributed by atoms with E-state index in [0.29, 0.717) is 15.6 Å². The fraction of sp³-hybridized carbons (Fsp3) is 0.360. The van der Waals surface area contributed by atoms with E-state index in [1.807, 2.05) is 12.1 Å². The number of hydrogen-bond acceptors (Lipinski definition) is 8. The minimum absolute atomic E-state index is 0.116. The van der Waals surface area contributed by atoms with Crippen molar-refractivity contribution in [1.29, 1.82) is 0 Å². The smallest absolute Gasteiger partial charge is 0.206 e. The molecule has 0 aliphatic carbocycles. The summed E-state index contributed by atoms with van der Waals surface area (Å²) in [6.07, 6.45) is 5.17. The molecule has 1 aromatic heterocycles. The Hall–Kier alpha value is -3.10. The maximum Gasteiger partial charge on any atom is 0.206 e. The summed E-state index contributed by atoms with van der Waals surface area (Å²) in [7, 11) is 0. The van der Waals surface area contributed by atoms with Gasteiger partial charge in [-0.2, -0.15) is 0 Å². The number of carbonyl (C=O) groups is 1. The number of aromatic nitrogens is 1. The van der Waals surface area contributed by atoms with Crippen LogP contribution in [0.5, 0.6) is 5.75 Å². The lowest BCUT2D eigenvalue weighted by atomic mass is 10.0. The zero-order valence-electron chi connectivity index (χ0n) is 18.5. The van der Waals surface area contributed by atoms with Gasteiger partial charge in [-0.25, -0.2) is 4.98 Å². The highest BCUT2D eigenvalue weighted by Gasteiger charge is 2.26. The van der Waals surface area contributed by atoms with Crippen molar-refractivity contribution in [2.24, 2.45) is 0 Å². The van der Waals surface area contributed by atoms with Crippen molar-refractivity contribution in [3.8, 4) is 5.75 Å². The monoisotopic (exact) mass is 463 g/mol. The van der Waals surface area contributed by atoms with Gasteiger partial charge in [0.2, 0.25) is 5.78 Å². The summed E-state index contributed by atoms with van der Waals surface area (Å²) >= 11 is 1.23. The minimum atomic E-state index is -0.203. The lowest BCUT2D eigenvalue weighted by Gasteiger charge is -2.37. The van der Waals surface area contributed by atoms with Crippen molar-refractivity contribution < 1.29 is 9.90 Å². The van der Waals surface area contributed by atoms with Crippen LogP contribution in [0.15, 0.2) is 48.5 Å². The first-order chi connectivity index (χ1) is 16.1. The molecule has 2 aliphatic rings. The highest BCUT2D eigenvalue weighted by Crippen LogP contribution is 2.31. The summed E-state index contributed by atoms with van der Waals surface area (Å²) in [5, 5.41) is 13.3. The summed E-state index contributed by atoms with van der Waals surface area (Å²) in [6.45, 7) is 4.74. The quantitative estimate of drug-likeness (QED) is 0.464. The fourth-order valence-corrected chi connectivity index (χ4v) is 5.63. The third kappa shape index (κ3) is 4.82. The fourth-order valence-electron chi connectivity index (χ4n) is 4.77. The van der Waals surface area contributed by atoms with Crippen LogP contribution in [0, 0.1) is 0 Å². The molecule has 4 N–H and O–H groups in total. The van der Waals surface area contributed by atoms with E-state index >= 15 is 0 Å². The van der Waals surface area contributed by atoms with E-state index in [2.05, 4.69) is 32.2 Å². The Morgan fingerprint density at radius 1 is 1.00 bits per heavy atom. The molecule has 5 rings (SSSR count). The van der Waals surface area contributed by atoms with Crippen molar-refractivity contribution in [1.82, 2.24) is 9.88 Å². The van der Waals surface area contributed by atoms with E-state index in [9.17, 15) is 9.90 Å². The van der Waals surface area contributed by atoms with Gasteiger partial charge in [0.15, 0.2) is 5.13 Å². The number of piperidine rings is 1. The van der Waals surface area contributed by atoms with Gasteiger partial charge in [0.25, 0.3) is 0 Å². The second-order valence-corrected chi connectivity index (χ2v) is 9.74. The number of phenolic OH excluding ortho intramolecular Hbond substituents is 1. The summed E-state index contributed by atoms with van der Waals surface area (Å²) in [4.78, 5) is 22.6. The van der Waals surface area contributed by atoms with Gasteiger partial charge in [-0.15, -0.1) is 0 Å². The number of anilines is 4. The predicted octanol–water partition coefficient (Wildman–Crippen LogP) is 4.47. The molecule has 3 aromatic rings. The summed E-state index contributed by atoms with van der Waals surface area (Å²) in [5.41, 5.74) is 8.63. The topological polar surface area (TPSA) is 94.7 Å². The number of carbonyl (C=O) groups excluding carboxylic acids is 1. The van der Waals surface area contributed by atoms with Crippen LogP contribution in [-0.4, -0.2) is 53.0 Å². The highest BCUT2D eigenvalue weighted by molar-refractivity contribution is 7.18. The van der Waals surface area contributed by atoms with Crippen molar-refractivity contribution in [2.75, 3.05) is 42.1 Å². The van der Waals surface area contributed by atoms with Crippen LogP contribution in [-0.2, 0) is 0 Å². The summed E-state index contributed by atoms with van der Waals surface area (Å²) in [6, 6.07) is 15.2. The number of thiazole rings is 1. The van der Waals surface area contributed by atoms with E-state index in [1.165, 1.54) is 67.9 Å². The highest BCUT2D eigenvalue weighted by atomic mass is 32.1. The maximum atomic E-state index is 12.7. The first-order valence-electron chi connectivity index (χ1n) is 11.5. The zero-order valence-corrected chi connectivity index (χ0v) is 19.4. The van der Waals surface area contributed by atoms with Crippen molar-refractivity contribution in [2.45, 2.75) is 31.7 Å². The number of likely N-dealkylation sites (tertiary alicyclic amines) is 1. The van der Waals surface area contributed by atoms with Gasteiger partial charge in [0.1, 0.15) is 16.4 Å². The molecular formula is C25H29N5O2S. The number of nitrogen functional groups attached to an aromatic ring is 1. The molecule has 2 aromatic carbocycles. The SMILES string of the molecule is Nc1nc(Nc2ccc(N3CCC(N4CCCC4)CC3)cc2)sc1C(=O)c1ccc(O)cc1. The Morgan fingerprint density at radius 2 is 1.67 bits per heavy atom. The van der Waals surface area contributed by atoms with Gasteiger partial charge in [0.05, 0.1) is 0 Å². The van der Waals surface area contributed by atoms with Crippen molar-refractivity contribution in [3.05, 3.63) is 59.0 Å². The second-order valence-electron chi connectivity index (χ2n) is 8.74. The van der Waals surface area contributed by atoms with Crippen LogP contribution in [0.4, 0.5) is 22.3 Å². The van der Waals surface area contributed by atoms with E-state index < -0.39 is 0 Å². The number of benzene rings is 2. The number of aromatic hydroxyl groups is 1. The molecule has 0 saturated carbocycles. The lowest BCUT2D eigenvalue weighted by molar-refractivity contribution is 0.104. The van der Waals surface area contributed by atoms with Gasteiger partial charge in [-0.05, 0) is 87.3 Å². The first-order valence-corrected chi connectivity index (χ1v) is 12.3. The molecule has 2 saturated heterocycles. The zero-order chi connectivity index (χ0) is 22.8. The molecule has 0 spiro atoms. The van der Waals surface area contributed by atoms with E-state index in [4.69, 9.17) is 5.73 Å². The van der Waals surface area contributed by atoms with Gasteiger partial charge < -0.3 is 26.0 Å². The van der Waals surface area contributed by atoms with Gasteiger partial charge in [-0.3, -0.25) is 4.79 Å². The van der Waals surface area contributed by atoms with E-state index in [-0.39, 0.29) is 17.4 Å². The third-order valence-electron chi connectivity index (χ3n) is 6.59. The molecule has 0 bridgehead atoms. The Bertz CT molecular complexity index is 1100. The molecule has 2 aliphatic heterocycles. The molecule has 0 amide bonds. The Morgan fingerprint density at radius 3 is 2.33 bits per heavy atom. The Labute approximate surface area is 197 Å². The second kappa shape index (κ2) is 9.41. The van der Waals surface area contributed by atoms with E-state index in [1.54, 1.807) is 12.1 Å². The number of nitrogens with zero attached hydrogens (tertiary/aromatic N) is 3. The average molecular weight is 464 g/mol. The predicted molar refractivity (Wildman–Crippen MR) is 134 cm³/mol. The van der Waals surface area contributed by atoms with Crippen LogP contribution >= 0.6 is 11.3 Å². The maximum absolute atomic E-state index is 12.7. The number of hydrogen-bond donors (Lipinski definition) is 3. The molecule has 0 radical (unpaired) electrons. The van der Waals surface area contributed by atoms with Crippen LogP contribution in [0.3, 0.4) is 0 Å². The average Bonchev–Trinajstić information content (AvgIpc) is 3.50. The molecule has 7 nitrogen and oxygen atoms in total. The Kier molecular flexibility index (Phi) is 6.20. The number of ketones is 1. The Balaban J connectivity index is 1.20. The van der Waals surface area contributed by atoms with Crippen LogP contribution in [0.25, 0.3) is 0 Å². The molecule has 3 heterocycles. The first kappa shape index (κ1) is 21.7. The van der Waals surface area contributed by atoms with Crippen LogP contribution in [0.1, 0.15) is 40.9 Å². The lowest BCUT2D eigenvalue weighted by Crippen LogP contribution is -2.43. The molecule has 0 atom stereocenters. The van der Waals surface area contributed by atoms with Gasteiger partial charge in [-0.1, -0.05) is 11.3 Å². The molecule has 2 fully saturated rings. The molecule has 33 heavy (non-hydrogen) atoms. The standard InChI is InChI=1S/C25H29N5O2S/c26-24-23(22(32)17-3-9-21(31)10-4-17)33-25(28-24)27-18-5-7-19(8-6-18)30-15-11-20(12-16-30)29-13-1-2-14-29/h3-10,20,31H,1-2,11-16,26H2,(H,27,28).